The largest absolute Gasteiger partial charge is 0.497 e. The summed E-state index contributed by atoms with van der Waals surface area (Å²) in [5.74, 6) is 1.45. The predicted molar refractivity (Wildman–Crippen MR) is 197 cm³/mol. The molecule has 9 nitrogen and oxygen atoms in total. The molecule has 0 radical (unpaired) electrons. The minimum atomic E-state index is -1.03. The lowest BCUT2D eigenvalue weighted by molar-refractivity contribution is 0.0127. The lowest BCUT2D eigenvalue weighted by Gasteiger charge is -2.37. The van der Waals surface area contributed by atoms with E-state index in [0.717, 1.165) is 28.2 Å². The van der Waals surface area contributed by atoms with Crippen LogP contribution in [0.25, 0.3) is 0 Å². The summed E-state index contributed by atoms with van der Waals surface area (Å²) in [5, 5.41) is 9.45. The van der Waals surface area contributed by atoms with E-state index in [0.29, 0.717) is 23.2 Å². The summed E-state index contributed by atoms with van der Waals surface area (Å²) in [5.41, 5.74) is 0.902. The lowest BCUT2D eigenvalue weighted by atomic mass is 9.80. The first-order chi connectivity index (χ1) is 24.3. The van der Waals surface area contributed by atoms with Crippen molar-refractivity contribution in [3.63, 3.8) is 0 Å². The van der Waals surface area contributed by atoms with E-state index >= 15 is 0 Å². The molecule has 0 aliphatic rings. The van der Waals surface area contributed by atoms with Crippen LogP contribution in [-0.4, -0.2) is 58.6 Å². The first kappa shape index (κ1) is 36.4. The second-order valence-electron chi connectivity index (χ2n) is 11.8. The van der Waals surface area contributed by atoms with Crippen molar-refractivity contribution >= 4 is 17.7 Å². The molecule has 0 saturated heterocycles. The molecule has 1 heterocycles. The zero-order valence-corrected chi connectivity index (χ0v) is 29.3. The Bertz CT molecular complexity index is 1910. The van der Waals surface area contributed by atoms with Crippen molar-refractivity contribution < 1.29 is 24.1 Å². The van der Waals surface area contributed by atoms with E-state index < -0.39 is 22.8 Å². The molecule has 0 fully saturated rings. The zero-order chi connectivity index (χ0) is 35.5. The molecule has 4 aromatic carbocycles. The van der Waals surface area contributed by atoms with Gasteiger partial charge in [-0.05, 0) is 78.6 Å². The van der Waals surface area contributed by atoms with Crippen LogP contribution in [-0.2, 0) is 16.9 Å². The molecule has 0 aliphatic carbocycles. The SMILES string of the molecule is COc1ccc(C(OCC(CCn2cc(C)c(=O)n(C(=O)c3ccccc3)c2=O)SCCCO)(c2ccccc2)c2ccc(OC)cc2)cc1. The highest BCUT2D eigenvalue weighted by Gasteiger charge is 2.38. The van der Waals surface area contributed by atoms with Gasteiger partial charge in [0.1, 0.15) is 17.1 Å². The van der Waals surface area contributed by atoms with Crippen LogP contribution in [0.15, 0.2) is 125 Å². The number of carbonyl (C=O) groups is 1. The van der Waals surface area contributed by atoms with Crippen LogP contribution in [0.1, 0.15) is 45.5 Å². The molecule has 1 N–H and O–H groups in total. The van der Waals surface area contributed by atoms with Crippen LogP contribution in [0.4, 0.5) is 0 Å². The van der Waals surface area contributed by atoms with E-state index in [1.54, 1.807) is 63.2 Å². The maximum Gasteiger partial charge on any atom is 0.338 e. The third-order valence-electron chi connectivity index (χ3n) is 8.56. The molecular formula is C40H42N2O7S. The fourth-order valence-electron chi connectivity index (χ4n) is 5.89. The van der Waals surface area contributed by atoms with E-state index in [1.165, 1.54) is 10.8 Å². The molecule has 1 unspecified atom stereocenters. The predicted octanol–water partition coefficient (Wildman–Crippen LogP) is 5.91. The molecule has 260 valence electrons. The van der Waals surface area contributed by atoms with Crippen molar-refractivity contribution in [1.82, 2.24) is 9.13 Å². The van der Waals surface area contributed by atoms with E-state index in [1.807, 2.05) is 78.9 Å². The van der Waals surface area contributed by atoms with Crippen molar-refractivity contribution in [2.75, 3.05) is 33.2 Å². The van der Waals surface area contributed by atoms with E-state index in [-0.39, 0.29) is 36.1 Å². The van der Waals surface area contributed by atoms with Gasteiger partial charge < -0.3 is 19.3 Å². The monoisotopic (exact) mass is 694 g/mol. The van der Waals surface area contributed by atoms with E-state index in [4.69, 9.17) is 14.2 Å². The number of benzene rings is 4. The molecule has 0 bridgehead atoms. The number of carbonyl (C=O) groups excluding carboxylic acids is 1. The summed E-state index contributed by atoms with van der Waals surface area (Å²) in [6.45, 7) is 2.17. The molecule has 5 aromatic rings. The number of hydrogen-bond donors (Lipinski definition) is 1. The van der Waals surface area contributed by atoms with Crippen LogP contribution in [0, 0.1) is 6.92 Å². The standard InChI is InChI=1S/C40H42N2O7S/c1-29-27-41(39(46)42(37(29)44)38(45)30-11-6-4-7-12-30)24-23-36(50-26-10-25-43)28-49-40(31-13-8-5-9-14-31,32-15-19-34(47-2)20-16-32)33-17-21-35(48-3)22-18-33/h4-9,11-22,27,36,43H,10,23-26,28H2,1-3H3. The molecule has 5 rings (SSSR count). The number of aryl methyl sites for hydroxylation is 2. The fraction of sp³-hybridized carbons (Fsp3) is 0.275. The maximum atomic E-state index is 13.6. The summed E-state index contributed by atoms with van der Waals surface area (Å²) in [4.78, 5) is 39.9. The third-order valence-corrected chi connectivity index (χ3v) is 9.93. The van der Waals surface area contributed by atoms with Gasteiger partial charge in [0, 0.05) is 35.7 Å². The fourth-order valence-corrected chi connectivity index (χ4v) is 6.96. The molecule has 0 saturated carbocycles. The number of ether oxygens (including phenoxy) is 3. The topological polar surface area (TPSA) is 109 Å². The summed E-state index contributed by atoms with van der Waals surface area (Å²) in [6, 6.07) is 33.9. The number of aromatic nitrogens is 2. The smallest absolute Gasteiger partial charge is 0.338 e. The Morgan fingerprint density at radius 2 is 1.34 bits per heavy atom. The van der Waals surface area contributed by atoms with Gasteiger partial charge in [-0.3, -0.25) is 14.2 Å². The Kier molecular flexibility index (Phi) is 12.5. The quantitative estimate of drug-likeness (QED) is 0.100. The Labute approximate surface area is 296 Å². The third kappa shape index (κ3) is 8.10. The Hall–Kier alpha value is -4.90. The highest BCUT2D eigenvalue weighted by atomic mass is 32.2. The molecule has 0 amide bonds. The van der Waals surface area contributed by atoms with E-state index in [2.05, 4.69) is 0 Å². The van der Waals surface area contributed by atoms with Gasteiger partial charge >= 0.3 is 5.69 Å². The number of aliphatic hydroxyl groups is 1. The van der Waals surface area contributed by atoms with Crippen LogP contribution in [0.5, 0.6) is 11.5 Å². The number of rotatable bonds is 16. The van der Waals surface area contributed by atoms with Gasteiger partial charge in [0.2, 0.25) is 0 Å². The molecule has 10 heteroatoms. The lowest BCUT2D eigenvalue weighted by Crippen LogP contribution is -2.44. The summed E-state index contributed by atoms with van der Waals surface area (Å²) < 4.78 is 20.2. The van der Waals surface area contributed by atoms with Gasteiger partial charge in [-0.25, -0.2) is 4.79 Å². The number of nitrogens with zero attached hydrogens (tertiary/aromatic N) is 2. The Morgan fingerprint density at radius 1 is 0.800 bits per heavy atom. The molecule has 50 heavy (non-hydrogen) atoms. The van der Waals surface area contributed by atoms with Crippen LogP contribution < -0.4 is 20.7 Å². The van der Waals surface area contributed by atoms with Crippen LogP contribution in [0.3, 0.4) is 0 Å². The Morgan fingerprint density at radius 3 is 1.88 bits per heavy atom. The highest BCUT2D eigenvalue weighted by molar-refractivity contribution is 7.99. The van der Waals surface area contributed by atoms with Crippen molar-refractivity contribution in [2.24, 2.45) is 0 Å². The first-order valence-electron chi connectivity index (χ1n) is 16.5. The van der Waals surface area contributed by atoms with E-state index in [9.17, 15) is 19.5 Å². The van der Waals surface area contributed by atoms with Gasteiger partial charge in [-0.1, -0.05) is 72.8 Å². The summed E-state index contributed by atoms with van der Waals surface area (Å²) >= 11 is 1.65. The van der Waals surface area contributed by atoms with Crippen molar-refractivity contribution in [3.8, 4) is 11.5 Å². The van der Waals surface area contributed by atoms with Crippen LogP contribution >= 0.6 is 11.8 Å². The van der Waals surface area contributed by atoms with Crippen molar-refractivity contribution in [3.05, 3.63) is 164 Å². The molecule has 0 aliphatic heterocycles. The first-order valence-corrected chi connectivity index (χ1v) is 17.5. The summed E-state index contributed by atoms with van der Waals surface area (Å²) in [6.07, 6.45) is 2.60. The number of methoxy groups -OCH3 is 2. The molecule has 1 aromatic heterocycles. The number of aliphatic hydroxyl groups excluding tert-OH is 1. The average Bonchev–Trinajstić information content (AvgIpc) is 3.16. The molecule has 1 atom stereocenters. The second kappa shape index (κ2) is 17.2. The normalized spacial score (nSPS) is 12.0. The van der Waals surface area contributed by atoms with Gasteiger partial charge in [-0.2, -0.15) is 16.3 Å². The van der Waals surface area contributed by atoms with Gasteiger partial charge in [0.15, 0.2) is 0 Å². The summed E-state index contributed by atoms with van der Waals surface area (Å²) in [7, 11) is 3.26. The Balaban J connectivity index is 1.51. The minimum Gasteiger partial charge on any atom is -0.497 e. The molecule has 0 spiro atoms. The number of thioether (sulfide) groups is 1. The highest BCUT2D eigenvalue weighted by Crippen LogP contribution is 2.42. The van der Waals surface area contributed by atoms with Gasteiger partial charge in [0.05, 0.1) is 20.8 Å². The van der Waals surface area contributed by atoms with Crippen LogP contribution in [0.2, 0.25) is 0 Å². The second-order valence-corrected chi connectivity index (χ2v) is 13.2. The van der Waals surface area contributed by atoms with Crippen molar-refractivity contribution in [2.45, 2.75) is 37.2 Å². The zero-order valence-electron chi connectivity index (χ0n) is 28.5. The van der Waals surface area contributed by atoms with Crippen molar-refractivity contribution in [1.29, 1.82) is 0 Å². The molecular weight excluding hydrogens is 653 g/mol. The minimum absolute atomic E-state index is 0.0530. The number of hydrogen-bond acceptors (Lipinski definition) is 8. The van der Waals surface area contributed by atoms with Gasteiger partial charge in [-0.15, -0.1) is 0 Å². The average molecular weight is 695 g/mol. The maximum absolute atomic E-state index is 13.6. The van der Waals surface area contributed by atoms with Gasteiger partial charge in [0.25, 0.3) is 11.5 Å².